The molecule has 0 atom stereocenters. The monoisotopic (exact) mass is 348 g/mol. The molecule has 0 saturated carbocycles. The summed E-state index contributed by atoms with van der Waals surface area (Å²) in [6.45, 7) is 0. The third kappa shape index (κ3) is 1.98. The molecule has 0 N–H and O–H groups in total. The van der Waals surface area contributed by atoms with Gasteiger partial charge in [-0.2, -0.15) is 0 Å². The van der Waals surface area contributed by atoms with Crippen molar-refractivity contribution >= 4 is 79.5 Å². The average Bonchev–Trinajstić information content (AvgIpc) is 2.42. The zero-order valence-corrected chi connectivity index (χ0v) is 13.1. The van der Waals surface area contributed by atoms with Gasteiger partial charge in [0.05, 0.1) is 20.1 Å². The van der Waals surface area contributed by atoms with Crippen LogP contribution in [0.2, 0.25) is 25.1 Å². The molecule has 0 aromatic heterocycles. The van der Waals surface area contributed by atoms with E-state index in [-0.39, 0.29) is 10.0 Å². The van der Waals surface area contributed by atoms with Crippen molar-refractivity contribution in [2.45, 2.75) is 0 Å². The van der Waals surface area contributed by atoms with Crippen molar-refractivity contribution < 1.29 is 0 Å². The van der Waals surface area contributed by atoms with Crippen molar-refractivity contribution in [3.8, 4) is 0 Å². The SMILES string of the molecule is Clc1c(Cl)c(Cl)c2c(ccc3cccc(Cl)c32)c1Cl. The summed E-state index contributed by atoms with van der Waals surface area (Å²) in [6, 6.07) is 9.42. The van der Waals surface area contributed by atoms with Gasteiger partial charge in [0.2, 0.25) is 0 Å². The number of hydrogen-bond donors (Lipinski definition) is 0. The Bertz CT molecular complexity index is 823. The highest BCUT2D eigenvalue weighted by molar-refractivity contribution is 6.56. The highest BCUT2D eigenvalue weighted by Gasteiger charge is 2.17. The van der Waals surface area contributed by atoms with Crippen molar-refractivity contribution in [1.29, 1.82) is 0 Å². The second-order valence-electron chi connectivity index (χ2n) is 4.08. The molecular weight excluding hydrogens is 345 g/mol. The Morgan fingerprint density at radius 3 is 2.00 bits per heavy atom. The molecule has 0 saturated heterocycles. The van der Waals surface area contributed by atoms with E-state index in [0.29, 0.717) is 15.1 Å². The minimum absolute atomic E-state index is 0.244. The molecule has 0 radical (unpaired) electrons. The van der Waals surface area contributed by atoms with Gasteiger partial charge in [-0.05, 0) is 11.5 Å². The largest absolute Gasteiger partial charge is 0.0836 e. The fraction of sp³-hybridized carbons (Fsp3) is 0. The van der Waals surface area contributed by atoms with Crippen molar-refractivity contribution in [1.82, 2.24) is 0 Å². The quantitative estimate of drug-likeness (QED) is 0.227. The smallest absolute Gasteiger partial charge is 0.0800 e. The van der Waals surface area contributed by atoms with Crippen LogP contribution in [0.3, 0.4) is 0 Å². The van der Waals surface area contributed by atoms with Gasteiger partial charge in [0.25, 0.3) is 0 Å². The van der Waals surface area contributed by atoms with Gasteiger partial charge in [-0.15, -0.1) is 0 Å². The Kier molecular flexibility index (Phi) is 3.49. The van der Waals surface area contributed by atoms with Crippen LogP contribution in [0.1, 0.15) is 0 Å². The van der Waals surface area contributed by atoms with Gasteiger partial charge in [-0.25, -0.2) is 0 Å². The van der Waals surface area contributed by atoms with Crippen molar-refractivity contribution in [2.24, 2.45) is 0 Å². The molecule has 3 aromatic carbocycles. The lowest BCUT2D eigenvalue weighted by Gasteiger charge is -2.12. The number of hydrogen-bond acceptors (Lipinski definition) is 0. The maximum absolute atomic E-state index is 6.32. The van der Waals surface area contributed by atoms with Crippen molar-refractivity contribution in [2.75, 3.05) is 0 Å². The van der Waals surface area contributed by atoms with Gasteiger partial charge >= 0.3 is 0 Å². The van der Waals surface area contributed by atoms with Gasteiger partial charge in [-0.3, -0.25) is 0 Å². The zero-order valence-electron chi connectivity index (χ0n) is 9.28. The molecule has 0 spiro atoms. The van der Waals surface area contributed by atoms with E-state index in [0.717, 1.165) is 21.5 Å². The predicted molar refractivity (Wildman–Crippen MR) is 86.5 cm³/mol. The Morgan fingerprint density at radius 2 is 1.26 bits per heavy atom. The van der Waals surface area contributed by atoms with E-state index in [2.05, 4.69) is 0 Å². The molecule has 3 rings (SSSR count). The van der Waals surface area contributed by atoms with Crippen LogP contribution >= 0.6 is 58.0 Å². The van der Waals surface area contributed by atoms with E-state index < -0.39 is 0 Å². The molecule has 0 aliphatic heterocycles. The Morgan fingerprint density at radius 1 is 0.579 bits per heavy atom. The van der Waals surface area contributed by atoms with Crippen molar-refractivity contribution in [3.05, 3.63) is 55.4 Å². The maximum atomic E-state index is 6.32. The van der Waals surface area contributed by atoms with Gasteiger partial charge in [0.1, 0.15) is 0 Å². The van der Waals surface area contributed by atoms with E-state index in [9.17, 15) is 0 Å². The minimum Gasteiger partial charge on any atom is -0.0836 e. The average molecular weight is 350 g/mol. The van der Waals surface area contributed by atoms with Gasteiger partial charge < -0.3 is 0 Å². The molecule has 0 aliphatic rings. The summed E-state index contributed by atoms with van der Waals surface area (Å²) in [6.07, 6.45) is 0. The van der Waals surface area contributed by atoms with Gasteiger partial charge in [0.15, 0.2) is 0 Å². The topological polar surface area (TPSA) is 0 Å². The molecule has 96 valence electrons. The van der Waals surface area contributed by atoms with Crippen LogP contribution in [0.15, 0.2) is 30.3 Å². The molecule has 19 heavy (non-hydrogen) atoms. The molecule has 0 fully saturated rings. The van der Waals surface area contributed by atoms with E-state index >= 15 is 0 Å². The second-order valence-corrected chi connectivity index (χ2v) is 6.00. The van der Waals surface area contributed by atoms with Gasteiger partial charge in [0, 0.05) is 21.2 Å². The summed E-state index contributed by atoms with van der Waals surface area (Å²) in [7, 11) is 0. The lowest BCUT2D eigenvalue weighted by Crippen LogP contribution is -1.85. The summed E-state index contributed by atoms with van der Waals surface area (Å²) in [5.41, 5.74) is 0. The fourth-order valence-corrected chi connectivity index (χ4v) is 3.47. The first-order valence-corrected chi connectivity index (χ1v) is 7.24. The van der Waals surface area contributed by atoms with Crippen LogP contribution in [-0.2, 0) is 0 Å². The molecule has 0 amide bonds. The summed E-state index contributed by atoms with van der Waals surface area (Å²) >= 11 is 31.0. The zero-order chi connectivity index (χ0) is 13.7. The van der Waals surface area contributed by atoms with Crippen LogP contribution in [0.4, 0.5) is 0 Å². The predicted octanol–water partition coefficient (Wildman–Crippen LogP) is 7.26. The first-order chi connectivity index (χ1) is 9.02. The van der Waals surface area contributed by atoms with E-state index in [4.69, 9.17) is 58.0 Å². The Balaban J connectivity index is 2.70. The number of rotatable bonds is 0. The van der Waals surface area contributed by atoms with E-state index in [1.807, 2.05) is 24.3 Å². The normalized spacial score (nSPS) is 11.4. The molecule has 0 nitrogen and oxygen atoms in total. The first kappa shape index (κ1) is 13.6. The highest BCUT2D eigenvalue weighted by atomic mass is 35.5. The Hall–Kier alpha value is -0.370. The third-order valence-corrected chi connectivity index (χ3v) is 5.16. The molecule has 0 unspecified atom stereocenters. The van der Waals surface area contributed by atoms with Crippen LogP contribution < -0.4 is 0 Å². The molecule has 0 heterocycles. The van der Waals surface area contributed by atoms with E-state index in [1.165, 1.54) is 0 Å². The first-order valence-electron chi connectivity index (χ1n) is 5.35. The lowest BCUT2D eigenvalue weighted by molar-refractivity contribution is 1.75. The highest BCUT2D eigenvalue weighted by Crippen LogP contribution is 2.46. The Labute approximate surface area is 134 Å². The van der Waals surface area contributed by atoms with E-state index in [1.54, 1.807) is 6.07 Å². The summed E-state index contributed by atoms with van der Waals surface area (Å²) in [4.78, 5) is 0. The number of halogens is 5. The van der Waals surface area contributed by atoms with Crippen molar-refractivity contribution in [3.63, 3.8) is 0 Å². The van der Waals surface area contributed by atoms with Crippen LogP contribution in [0.25, 0.3) is 21.5 Å². The number of benzene rings is 3. The third-order valence-electron chi connectivity index (χ3n) is 3.03. The molecule has 0 bridgehead atoms. The fourth-order valence-electron chi connectivity index (χ4n) is 2.17. The van der Waals surface area contributed by atoms with Gasteiger partial charge in [-0.1, -0.05) is 82.3 Å². The second kappa shape index (κ2) is 4.87. The minimum atomic E-state index is 0.244. The molecule has 5 heteroatoms. The van der Waals surface area contributed by atoms with Crippen LogP contribution in [-0.4, -0.2) is 0 Å². The molecule has 0 aliphatic carbocycles. The van der Waals surface area contributed by atoms with Crippen LogP contribution in [0, 0.1) is 0 Å². The number of fused-ring (bicyclic) bond motifs is 3. The lowest BCUT2D eigenvalue weighted by atomic mass is 10.0. The summed E-state index contributed by atoms with van der Waals surface area (Å²) in [5.74, 6) is 0. The maximum Gasteiger partial charge on any atom is 0.0800 e. The van der Waals surface area contributed by atoms with Crippen LogP contribution in [0.5, 0.6) is 0 Å². The molecule has 3 aromatic rings. The molecular formula is C14H5Cl5. The standard InChI is InChI=1S/C14H5Cl5/c15-8-3-1-2-6-4-5-7-10(9(6)8)12(17)14(19)13(18)11(7)16/h1-5H. The summed E-state index contributed by atoms with van der Waals surface area (Å²) < 4.78 is 0. The summed E-state index contributed by atoms with van der Waals surface area (Å²) in [5, 5.41) is 5.10.